The molecule has 1 aliphatic heterocycles. The van der Waals surface area contributed by atoms with Crippen LogP contribution in [0, 0.1) is 0 Å². The fourth-order valence-electron chi connectivity index (χ4n) is 1.96. The number of rotatable bonds is 3. The van der Waals surface area contributed by atoms with Crippen molar-refractivity contribution in [2.24, 2.45) is 0 Å². The molecule has 0 saturated carbocycles. The molecule has 1 saturated heterocycles. The van der Waals surface area contributed by atoms with Crippen molar-refractivity contribution in [3.05, 3.63) is 34.3 Å². The molecule has 2 atom stereocenters. The first-order valence-corrected chi connectivity index (χ1v) is 6.37. The molecule has 0 radical (unpaired) electrons. The van der Waals surface area contributed by atoms with Crippen LogP contribution >= 0.6 is 15.9 Å². The lowest BCUT2D eigenvalue weighted by Crippen LogP contribution is -2.22. The van der Waals surface area contributed by atoms with E-state index < -0.39 is 0 Å². The molecule has 2 nitrogen and oxygen atoms in total. The van der Waals surface area contributed by atoms with Gasteiger partial charge in [-0.1, -0.05) is 28.1 Å². The number of hydrogen-bond donors (Lipinski definition) is 0. The van der Waals surface area contributed by atoms with Crippen LogP contribution < -0.4 is 0 Å². The van der Waals surface area contributed by atoms with Gasteiger partial charge in [0.15, 0.2) is 5.78 Å². The zero-order chi connectivity index (χ0) is 11.5. The van der Waals surface area contributed by atoms with E-state index in [1.165, 1.54) is 0 Å². The molecular formula is C13H15BrO2. The summed E-state index contributed by atoms with van der Waals surface area (Å²) in [7, 11) is 0. The minimum Gasteiger partial charge on any atom is -0.367 e. The van der Waals surface area contributed by atoms with Crippen LogP contribution in [-0.4, -0.2) is 18.0 Å². The summed E-state index contributed by atoms with van der Waals surface area (Å²) in [5, 5.41) is 0. The number of carbonyl (C=O) groups is 1. The average Bonchev–Trinajstić information content (AvgIpc) is 2.68. The van der Waals surface area contributed by atoms with Gasteiger partial charge in [0, 0.05) is 10.9 Å². The van der Waals surface area contributed by atoms with Gasteiger partial charge < -0.3 is 4.74 Å². The van der Waals surface area contributed by atoms with Crippen molar-refractivity contribution >= 4 is 21.7 Å². The summed E-state index contributed by atoms with van der Waals surface area (Å²) in [5.41, 5.74) is 1.05. The van der Waals surface area contributed by atoms with Gasteiger partial charge in [0.2, 0.25) is 0 Å². The molecule has 0 bridgehead atoms. The van der Waals surface area contributed by atoms with E-state index in [-0.39, 0.29) is 18.0 Å². The highest BCUT2D eigenvalue weighted by atomic mass is 79.9. The summed E-state index contributed by atoms with van der Waals surface area (Å²) in [6, 6.07) is 7.86. The van der Waals surface area contributed by atoms with Crippen LogP contribution in [0.4, 0.5) is 0 Å². The topological polar surface area (TPSA) is 26.3 Å². The molecule has 1 aliphatic rings. The largest absolute Gasteiger partial charge is 0.367 e. The van der Waals surface area contributed by atoms with Gasteiger partial charge in [-0.05, 0) is 37.5 Å². The van der Waals surface area contributed by atoms with Gasteiger partial charge in [0.25, 0.3) is 0 Å². The molecule has 86 valence electrons. The Morgan fingerprint density at radius 3 is 2.62 bits per heavy atom. The lowest BCUT2D eigenvalue weighted by molar-refractivity contribution is -0.128. The second kappa shape index (κ2) is 5.11. The summed E-state index contributed by atoms with van der Waals surface area (Å²) in [5.74, 6) is 0.201. The summed E-state index contributed by atoms with van der Waals surface area (Å²) in [6.07, 6.45) is 2.40. The highest BCUT2D eigenvalue weighted by Gasteiger charge is 2.27. The molecule has 0 spiro atoms. The van der Waals surface area contributed by atoms with Crippen LogP contribution in [0.15, 0.2) is 28.7 Å². The highest BCUT2D eigenvalue weighted by Crippen LogP contribution is 2.21. The van der Waals surface area contributed by atoms with Crippen LogP contribution in [0.3, 0.4) is 0 Å². The van der Waals surface area contributed by atoms with Crippen molar-refractivity contribution in [3.8, 4) is 0 Å². The van der Waals surface area contributed by atoms with Crippen LogP contribution in [0.5, 0.6) is 0 Å². The smallest absolute Gasteiger partial charge is 0.165 e. The molecule has 0 aliphatic carbocycles. The molecule has 2 unspecified atom stereocenters. The quantitative estimate of drug-likeness (QED) is 0.852. The molecule has 0 amide bonds. The minimum absolute atomic E-state index is 0.182. The lowest BCUT2D eigenvalue weighted by Gasteiger charge is -2.09. The Balaban J connectivity index is 1.94. The number of carbonyl (C=O) groups excluding carboxylic acids is 1. The second-order valence-electron chi connectivity index (χ2n) is 4.28. The Labute approximate surface area is 104 Å². The van der Waals surface area contributed by atoms with Crippen LogP contribution in [0.2, 0.25) is 0 Å². The van der Waals surface area contributed by atoms with E-state index >= 15 is 0 Å². The van der Waals surface area contributed by atoms with E-state index in [9.17, 15) is 4.79 Å². The minimum atomic E-state index is -0.182. The van der Waals surface area contributed by atoms with E-state index in [0.717, 1.165) is 22.9 Å². The maximum atomic E-state index is 11.9. The predicted octanol–water partition coefficient (Wildman–Crippen LogP) is 3.13. The van der Waals surface area contributed by atoms with Gasteiger partial charge in [0.05, 0.1) is 6.10 Å². The average molecular weight is 283 g/mol. The zero-order valence-corrected chi connectivity index (χ0v) is 10.9. The monoisotopic (exact) mass is 282 g/mol. The molecule has 1 aromatic carbocycles. The molecular weight excluding hydrogens is 268 g/mol. The Bertz CT molecular complexity index is 372. The van der Waals surface area contributed by atoms with E-state index in [2.05, 4.69) is 15.9 Å². The number of ketones is 1. The van der Waals surface area contributed by atoms with Gasteiger partial charge in [-0.15, -0.1) is 0 Å². The fraction of sp³-hybridized carbons (Fsp3) is 0.462. The molecule has 2 rings (SSSR count). The first-order valence-electron chi connectivity index (χ1n) is 5.58. The third-order valence-electron chi connectivity index (χ3n) is 2.88. The molecule has 0 aromatic heterocycles. The first-order chi connectivity index (χ1) is 7.65. The number of Topliss-reactive ketones (excluding diaryl/α,β-unsaturated/α-hetero) is 1. The van der Waals surface area contributed by atoms with E-state index in [4.69, 9.17) is 4.74 Å². The molecule has 1 fully saturated rings. The molecule has 16 heavy (non-hydrogen) atoms. The van der Waals surface area contributed by atoms with Crippen molar-refractivity contribution < 1.29 is 9.53 Å². The van der Waals surface area contributed by atoms with Gasteiger partial charge in [0.1, 0.15) is 6.10 Å². The maximum Gasteiger partial charge on any atom is 0.165 e. The molecule has 3 heteroatoms. The number of benzene rings is 1. The van der Waals surface area contributed by atoms with Crippen molar-refractivity contribution in [1.82, 2.24) is 0 Å². The Morgan fingerprint density at radius 2 is 2.06 bits per heavy atom. The third-order valence-corrected chi connectivity index (χ3v) is 3.41. The maximum absolute atomic E-state index is 11.9. The van der Waals surface area contributed by atoms with Crippen LogP contribution in [0.25, 0.3) is 0 Å². The van der Waals surface area contributed by atoms with Crippen molar-refractivity contribution in [2.75, 3.05) is 0 Å². The highest BCUT2D eigenvalue weighted by molar-refractivity contribution is 9.10. The van der Waals surface area contributed by atoms with Crippen molar-refractivity contribution in [1.29, 1.82) is 0 Å². The Kier molecular flexibility index (Phi) is 3.77. The second-order valence-corrected chi connectivity index (χ2v) is 5.20. The SMILES string of the molecule is CC1CCC(C(=O)Cc2ccc(Br)cc2)O1. The normalized spacial score (nSPS) is 24.6. The summed E-state index contributed by atoms with van der Waals surface area (Å²) in [6.45, 7) is 2.02. The van der Waals surface area contributed by atoms with Gasteiger partial charge >= 0.3 is 0 Å². The summed E-state index contributed by atoms with van der Waals surface area (Å²) < 4.78 is 6.60. The van der Waals surface area contributed by atoms with Crippen LogP contribution in [-0.2, 0) is 16.0 Å². The molecule has 1 heterocycles. The number of hydrogen-bond acceptors (Lipinski definition) is 2. The fourth-order valence-corrected chi connectivity index (χ4v) is 2.22. The first kappa shape index (κ1) is 11.8. The summed E-state index contributed by atoms with van der Waals surface area (Å²) >= 11 is 3.38. The van der Waals surface area contributed by atoms with E-state index in [1.807, 2.05) is 31.2 Å². The van der Waals surface area contributed by atoms with E-state index in [0.29, 0.717) is 6.42 Å². The Morgan fingerprint density at radius 1 is 1.38 bits per heavy atom. The third kappa shape index (κ3) is 2.92. The number of ether oxygens (including phenoxy) is 1. The lowest BCUT2D eigenvalue weighted by atomic mass is 10.0. The van der Waals surface area contributed by atoms with Crippen LogP contribution in [0.1, 0.15) is 25.3 Å². The number of halogens is 1. The van der Waals surface area contributed by atoms with Crippen molar-refractivity contribution in [2.45, 2.75) is 38.4 Å². The predicted molar refractivity (Wildman–Crippen MR) is 66.4 cm³/mol. The Hall–Kier alpha value is -0.670. The molecule has 0 N–H and O–H groups in total. The zero-order valence-electron chi connectivity index (χ0n) is 9.28. The summed E-state index contributed by atoms with van der Waals surface area (Å²) in [4.78, 5) is 11.9. The van der Waals surface area contributed by atoms with Gasteiger partial charge in [-0.2, -0.15) is 0 Å². The van der Waals surface area contributed by atoms with Crippen molar-refractivity contribution in [3.63, 3.8) is 0 Å². The molecule has 1 aromatic rings. The standard InChI is InChI=1S/C13H15BrO2/c1-9-2-7-13(16-9)12(15)8-10-3-5-11(14)6-4-10/h3-6,9,13H,2,7-8H2,1H3. The van der Waals surface area contributed by atoms with Gasteiger partial charge in [-0.25, -0.2) is 0 Å². The van der Waals surface area contributed by atoms with E-state index in [1.54, 1.807) is 0 Å². The van der Waals surface area contributed by atoms with Gasteiger partial charge in [-0.3, -0.25) is 4.79 Å².